The van der Waals surface area contributed by atoms with Crippen molar-refractivity contribution in [3.63, 3.8) is 0 Å². The lowest BCUT2D eigenvalue weighted by atomic mass is 10.0. The van der Waals surface area contributed by atoms with Gasteiger partial charge in [0.1, 0.15) is 5.75 Å². The first kappa shape index (κ1) is 10.1. The summed E-state index contributed by atoms with van der Waals surface area (Å²) in [6, 6.07) is 8.57. The molecule has 0 fully saturated rings. The lowest BCUT2D eigenvalue weighted by Gasteiger charge is -2.19. The van der Waals surface area contributed by atoms with E-state index in [2.05, 4.69) is 29.6 Å². The normalized spacial score (nSPS) is 19.9. The molecule has 0 amide bonds. The van der Waals surface area contributed by atoms with Crippen LogP contribution in [0.4, 0.5) is 5.69 Å². The van der Waals surface area contributed by atoms with E-state index < -0.39 is 0 Å². The Morgan fingerprint density at radius 2 is 2.07 bits per heavy atom. The van der Waals surface area contributed by atoms with Gasteiger partial charge >= 0.3 is 0 Å². The van der Waals surface area contributed by atoms with Crippen LogP contribution in [-0.4, -0.2) is 13.2 Å². The number of ether oxygens (including phenoxy) is 1. The third kappa shape index (κ3) is 2.75. The van der Waals surface area contributed by atoms with Crippen LogP contribution in [0, 0.1) is 0 Å². The molecular weight excluding hydrogens is 186 g/mol. The van der Waals surface area contributed by atoms with Crippen LogP contribution in [0.3, 0.4) is 0 Å². The second kappa shape index (κ2) is 4.87. The number of benzene rings is 1. The van der Waals surface area contributed by atoms with E-state index in [4.69, 9.17) is 4.74 Å². The Hall–Kier alpha value is -1.44. The maximum Gasteiger partial charge on any atom is 0.119 e. The maximum atomic E-state index is 5.12. The van der Waals surface area contributed by atoms with Crippen molar-refractivity contribution in [2.24, 2.45) is 0 Å². The zero-order valence-corrected chi connectivity index (χ0v) is 9.07. The largest absolute Gasteiger partial charge is 0.497 e. The predicted molar refractivity (Wildman–Crippen MR) is 63.4 cm³/mol. The molecule has 0 heterocycles. The summed E-state index contributed by atoms with van der Waals surface area (Å²) in [7, 11) is 1.69. The first-order chi connectivity index (χ1) is 7.38. The Kier molecular flexibility index (Phi) is 3.28. The molecule has 2 rings (SSSR count). The molecule has 1 aromatic rings. The maximum absolute atomic E-state index is 5.12. The average molecular weight is 203 g/mol. The van der Waals surface area contributed by atoms with Gasteiger partial charge in [0.05, 0.1) is 7.11 Å². The number of allylic oxidation sites excluding steroid dienone is 1. The summed E-state index contributed by atoms with van der Waals surface area (Å²) in [5.41, 5.74) is 1.16. The van der Waals surface area contributed by atoms with E-state index in [9.17, 15) is 0 Å². The molecule has 0 saturated heterocycles. The van der Waals surface area contributed by atoms with E-state index in [0.29, 0.717) is 6.04 Å². The molecule has 1 N–H and O–H groups in total. The van der Waals surface area contributed by atoms with Gasteiger partial charge in [0.25, 0.3) is 0 Å². The van der Waals surface area contributed by atoms with E-state index in [0.717, 1.165) is 11.4 Å². The van der Waals surface area contributed by atoms with E-state index in [1.54, 1.807) is 7.11 Å². The minimum Gasteiger partial charge on any atom is -0.497 e. The summed E-state index contributed by atoms with van der Waals surface area (Å²) >= 11 is 0. The highest BCUT2D eigenvalue weighted by Gasteiger charge is 2.07. The third-order valence-electron chi connectivity index (χ3n) is 2.70. The summed E-state index contributed by atoms with van der Waals surface area (Å²) in [6.07, 6.45) is 8.24. The molecule has 0 unspecified atom stereocenters. The Bertz CT molecular complexity index is 329. The van der Waals surface area contributed by atoms with Crippen LogP contribution < -0.4 is 10.1 Å². The topological polar surface area (TPSA) is 21.3 Å². The molecular formula is C13H17NO. The van der Waals surface area contributed by atoms with Crippen LogP contribution in [0.2, 0.25) is 0 Å². The molecule has 0 aliphatic heterocycles. The summed E-state index contributed by atoms with van der Waals surface area (Å²) in [6.45, 7) is 0. The van der Waals surface area contributed by atoms with Crippen LogP contribution in [-0.2, 0) is 0 Å². The van der Waals surface area contributed by atoms with Crippen molar-refractivity contribution in [1.29, 1.82) is 0 Å². The van der Waals surface area contributed by atoms with Gasteiger partial charge in [0.2, 0.25) is 0 Å². The molecule has 1 aromatic carbocycles. The summed E-state index contributed by atoms with van der Waals surface area (Å²) < 4.78 is 5.12. The zero-order chi connectivity index (χ0) is 10.5. The molecule has 15 heavy (non-hydrogen) atoms. The van der Waals surface area contributed by atoms with Gasteiger partial charge in [-0.15, -0.1) is 0 Å². The molecule has 0 aromatic heterocycles. The molecule has 0 radical (unpaired) electrons. The minimum absolute atomic E-state index is 0.493. The van der Waals surface area contributed by atoms with E-state index in [1.807, 2.05) is 12.1 Å². The smallest absolute Gasteiger partial charge is 0.119 e. The Morgan fingerprint density at radius 1 is 1.27 bits per heavy atom. The van der Waals surface area contributed by atoms with Gasteiger partial charge in [0, 0.05) is 11.7 Å². The number of rotatable bonds is 3. The second-order valence-corrected chi connectivity index (χ2v) is 3.84. The standard InChI is InChI=1S/C13H17NO/c1-15-13-9-7-12(8-10-13)14-11-5-3-2-4-6-11/h3,5,7-11,14H,2,4,6H2,1H3/t11-/m1/s1. The highest BCUT2D eigenvalue weighted by Crippen LogP contribution is 2.19. The predicted octanol–water partition coefficient (Wildman–Crippen LogP) is 3.22. The minimum atomic E-state index is 0.493. The van der Waals surface area contributed by atoms with Gasteiger partial charge in [-0.25, -0.2) is 0 Å². The molecule has 2 nitrogen and oxygen atoms in total. The number of methoxy groups -OCH3 is 1. The van der Waals surface area contributed by atoms with Crippen molar-refractivity contribution in [3.8, 4) is 5.75 Å². The average Bonchev–Trinajstić information content (AvgIpc) is 2.31. The van der Waals surface area contributed by atoms with Gasteiger partial charge in [-0.2, -0.15) is 0 Å². The monoisotopic (exact) mass is 203 g/mol. The quantitative estimate of drug-likeness (QED) is 0.762. The first-order valence-corrected chi connectivity index (χ1v) is 5.46. The van der Waals surface area contributed by atoms with Crippen LogP contribution in [0.1, 0.15) is 19.3 Å². The Labute approximate surface area is 91.0 Å². The molecule has 0 saturated carbocycles. The number of hydrogen-bond acceptors (Lipinski definition) is 2. The van der Waals surface area contributed by atoms with Gasteiger partial charge in [-0.1, -0.05) is 12.2 Å². The summed E-state index contributed by atoms with van der Waals surface area (Å²) in [4.78, 5) is 0. The van der Waals surface area contributed by atoms with Crippen molar-refractivity contribution < 1.29 is 4.74 Å². The molecule has 1 aliphatic rings. The molecule has 80 valence electrons. The molecule has 1 atom stereocenters. The van der Waals surface area contributed by atoms with Crippen LogP contribution in [0.15, 0.2) is 36.4 Å². The lowest BCUT2D eigenvalue weighted by molar-refractivity contribution is 0.415. The molecule has 1 aliphatic carbocycles. The molecule has 2 heteroatoms. The molecule has 0 bridgehead atoms. The third-order valence-corrected chi connectivity index (χ3v) is 2.70. The van der Waals surface area contributed by atoms with Crippen molar-refractivity contribution in [2.45, 2.75) is 25.3 Å². The Morgan fingerprint density at radius 3 is 2.67 bits per heavy atom. The van der Waals surface area contributed by atoms with Gasteiger partial charge in [-0.05, 0) is 43.5 Å². The summed E-state index contributed by atoms with van der Waals surface area (Å²) in [5, 5.41) is 3.49. The number of hydrogen-bond donors (Lipinski definition) is 1. The highest BCUT2D eigenvalue weighted by atomic mass is 16.5. The van der Waals surface area contributed by atoms with Gasteiger partial charge in [0.15, 0.2) is 0 Å². The van der Waals surface area contributed by atoms with Crippen LogP contribution in [0.5, 0.6) is 5.75 Å². The van der Waals surface area contributed by atoms with Crippen molar-refractivity contribution >= 4 is 5.69 Å². The zero-order valence-electron chi connectivity index (χ0n) is 9.07. The second-order valence-electron chi connectivity index (χ2n) is 3.84. The van der Waals surface area contributed by atoms with E-state index in [1.165, 1.54) is 19.3 Å². The lowest BCUT2D eigenvalue weighted by Crippen LogP contribution is -2.18. The number of anilines is 1. The van der Waals surface area contributed by atoms with Gasteiger partial charge in [-0.3, -0.25) is 0 Å². The van der Waals surface area contributed by atoms with E-state index >= 15 is 0 Å². The fourth-order valence-electron chi connectivity index (χ4n) is 1.83. The SMILES string of the molecule is COc1ccc(N[C@@H]2C=CCCC2)cc1. The van der Waals surface area contributed by atoms with Crippen LogP contribution in [0.25, 0.3) is 0 Å². The van der Waals surface area contributed by atoms with Gasteiger partial charge < -0.3 is 10.1 Å². The highest BCUT2D eigenvalue weighted by molar-refractivity contribution is 5.47. The Balaban J connectivity index is 1.97. The van der Waals surface area contributed by atoms with Crippen molar-refractivity contribution in [1.82, 2.24) is 0 Å². The summed E-state index contributed by atoms with van der Waals surface area (Å²) in [5.74, 6) is 0.903. The fourth-order valence-corrected chi connectivity index (χ4v) is 1.83. The molecule has 0 spiro atoms. The first-order valence-electron chi connectivity index (χ1n) is 5.46. The number of nitrogens with one attached hydrogen (secondary N) is 1. The van der Waals surface area contributed by atoms with Crippen molar-refractivity contribution in [3.05, 3.63) is 36.4 Å². The fraction of sp³-hybridized carbons (Fsp3) is 0.385. The van der Waals surface area contributed by atoms with Crippen LogP contribution >= 0.6 is 0 Å². The van der Waals surface area contributed by atoms with E-state index in [-0.39, 0.29) is 0 Å². The van der Waals surface area contributed by atoms with Crippen molar-refractivity contribution in [2.75, 3.05) is 12.4 Å².